The largest absolute Gasteiger partial charge is 0.444 e. The number of carbonyl (C=O) groups excluding carboxylic acids is 1. The maximum atomic E-state index is 12.6. The first kappa shape index (κ1) is 26.0. The van der Waals surface area contributed by atoms with Gasteiger partial charge in [0.15, 0.2) is 0 Å². The van der Waals surface area contributed by atoms with E-state index in [-0.39, 0.29) is 23.4 Å². The first-order chi connectivity index (χ1) is 18.5. The third kappa shape index (κ3) is 4.61. The van der Waals surface area contributed by atoms with Gasteiger partial charge in [0.05, 0.1) is 27.8 Å². The Hall–Kier alpha value is -4.65. The highest BCUT2D eigenvalue weighted by Crippen LogP contribution is 2.43. The number of nitro benzene ring substituents is 1. The van der Waals surface area contributed by atoms with E-state index < -0.39 is 10.5 Å². The van der Waals surface area contributed by atoms with E-state index in [4.69, 9.17) is 10.5 Å². The number of amides is 1. The van der Waals surface area contributed by atoms with Crippen LogP contribution in [0.3, 0.4) is 0 Å². The molecule has 4 aromatic rings. The Bertz CT molecular complexity index is 1670. The molecule has 10 nitrogen and oxygen atoms in total. The lowest BCUT2D eigenvalue weighted by atomic mass is 9.87. The molecule has 3 aromatic carbocycles. The molecule has 1 aliphatic rings. The lowest BCUT2D eigenvalue weighted by Crippen LogP contribution is -2.41. The Labute approximate surface area is 225 Å². The van der Waals surface area contributed by atoms with Gasteiger partial charge in [-0.05, 0) is 64.7 Å². The molecule has 0 spiro atoms. The molecular weight excluding hydrogens is 496 g/mol. The fraction of sp³-hybridized carbons (Fsp3) is 0.345. The quantitative estimate of drug-likeness (QED) is 0.197. The number of nitriles is 1. The summed E-state index contributed by atoms with van der Waals surface area (Å²) in [6.45, 7) is 8.14. The van der Waals surface area contributed by atoms with Crippen molar-refractivity contribution in [2.75, 3.05) is 18.8 Å². The van der Waals surface area contributed by atoms with E-state index in [0.717, 1.165) is 16.5 Å². The van der Waals surface area contributed by atoms with E-state index in [1.165, 1.54) is 0 Å². The standard InChI is InChI=1S/C29H30N6O4/c1-17-32-26-24(34(17)23-10-9-19(16-30)20-7-5-6-8-21(20)23)15-22(27(25(26)31)35(37)38)18-11-13-33(14-12-18)28(36)39-29(2,3)4/h5-10,15,18H,11-14,31H2,1-4H3. The molecular formula is C29H30N6O4. The molecule has 1 fully saturated rings. The molecule has 1 aromatic heterocycles. The highest BCUT2D eigenvalue weighted by atomic mass is 16.6. The second-order valence-electron chi connectivity index (χ2n) is 10.9. The number of nitrogens with zero attached hydrogens (tertiary/aromatic N) is 5. The zero-order valence-electron chi connectivity index (χ0n) is 22.4. The molecule has 0 atom stereocenters. The van der Waals surface area contributed by atoms with Gasteiger partial charge in [0, 0.05) is 29.4 Å². The summed E-state index contributed by atoms with van der Waals surface area (Å²) < 4.78 is 7.45. The van der Waals surface area contributed by atoms with E-state index in [0.29, 0.717) is 53.9 Å². The summed E-state index contributed by atoms with van der Waals surface area (Å²) in [7, 11) is 0. The van der Waals surface area contributed by atoms with Crippen molar-refractivity contribution in [1.29, 1.82) is 5.26 Å². The number of piperidine rings is 1. The number of aromatic nitrogens is 2. The summed E-state index contributed by atoms with van der Waals surface area (Å²) in [6.07, 6.45) is 0.697. The Kier molecular flexibility index (Phi) is 6.38. The number of nitrogen functional groups attached to an aromatic ring is 1. The van der Waals surface area contributed by atoms with Gasteiger partial charge >= 0.3 is 6.09 Å². The van der Waals surface area contributed by atoms with Crippen LogP contribution in [0.15, 0.2) is 42.5 Å². The molecule has 10 heteroatoms. The first-order valence-corrected chi connectivity index (χ1v) is 12.9. The van der Waals surface area contributed by atoms with Crippen LogP contribution in [0.25, 0.3) is 27.5 Å². The van der Waals surface area contributed by atoms with Crippen LogP contribution in [0.4, 0.5) is 16.2 Å². The number of aryl methyl sites for hydroxylation is 1. The van der Waals surface area contributed by atoms with Gasteiger partial charge in [-0.25, -0.2) is 9.78 Å². The summed E-state index contributed by atoms with van der Waals surface area (Å²) in [5.74, 6) is 0.454. The van der Waals surface area contributed by atoms with E-state index in [9.17, 15) is 20.2 Å². The van der Waals surface area contributed by atoms with Crippen molar-refractivity contribution < 1.29 is 14.5 Å². The van der Waals surface area contributed by atoms with E-state index >= 15 is 0 Å². The summed E-state index contributed by atoms with van der Waals surface area (Å²) in [4.78, 5) is 30.6. The van der Waals surface area contributed by atoms with Crippen molar-refractivity contribution in [3.63, 3.8) is 0 Å². The number of imidazole rings is 1. The monoisotopic (exact) mass is 526 g/mol. The SMILES string of the molecule is Cc1nc2c(N)c([N+](=O)[O-])c(C3CCN(C(=O)OC(C)(C)C)CC3)cc2n1-c1ccc(C#N)c2ccccc12. The van der Waals surface area contributed by atoms with Gasteiger partial charge in [-0.15, -0.1) is 0 Å². The lowest BCUT2D eigenvalue weighted by molar-refractivity contribution is -0.384. The maximum Gasteiger partial charge on any atom is 0.410 e. The molecule has 200 valence electrons. The lowest BCUT2D eigenvalue weighted by Gasteiger charge is -2.33. The number of rotatable bonds is 3. The normalized spacial score (nSPS) is 14.5. The minimum atomic E-state index is -0.599. The molecule has 0 aliphatic carbocycles. The summed E-state index contributed by atoms with van der Waals surface area (Å²) in [5.41, 5.74) is 8.67. The molecule has 0 radical (unpaired) electrons. The van der Waals surface area contributed by atoms with Crippen molar-refractivity contribution in [3.8, 4) is 11.8 Å². The highest BCUT2D eigenvalue weighted by Gasteiger charge is 2.34. The zero-order valence-corrected chi connectivity index (χ0v) is 22.4. The number of hydrogen-bond donors (Lipinski definition) is 1. The summed E-state index contributed by atoms with van der Waals surface area (Å²) in [5, 5.41) is 23.5. The van der Waals surface area contributed by atoms with Crippen LogP contribution in [-0.4, -0.2) is 44.2 Å². The third-order valence-corrected chi connectivity index (χ3v) is 7.19. The van der Waals surface area contributed by atoms with Crippen molar-refractivity contribution in [2.24, 2.45) is 0 Å². The molecule has 39 heavy (non-hydrogen) atoms. The minimum absolute atomic E-state index is 0.0295. The molecule has 2 N–H and O–H groups in total. The number of likely N-dealkylation sites (tertiary alicyclic amines) is 1. The van der Waals surface area contributed by atoms with Gasteiger partial charge in [-0.3, -0.25) is 14.7 Å². The van der Waals surface area contributed by atoms with Crippen LogP contribution in [0, 0.1) is 28.4 Å². The van der Waals surface area contributed by atoms with E-state index in [1.54, 1.807) is 11.0 Å². The van der Waals surface area contributed by atoms with Gasteiger partial charge < -0.3 is 15.4 Å². The Morgan fingerprint density at radius 1 is 1.18 bits per heavy atom. The van der Waals surface area contributed by atoms with Gasteiger partial charge in [0.25, 0.3) is 5.69 Å². The minimum Gasteiger partial charge on any atom is -0.444 e. The second kappa shape index (κ2) is 9.58. The number of hydrogen-bond acceptors (Lipinski definition) is 7. The second-order valence-corrected chi connectivity index (χ2v) is 10.9. The molecule has 5 rings (SSSR count). The predicted molar refractivity (Wildman–Crippen MR) is 149 cm³/mol. The summed E-state index contributed by atoms with van der Waals surface area (Å²) in [6, 6.07) is 15.3. The summed E-state index contributed by atoms with van der Waals surface area (Å²) >= 11 is 0. The number of anilines is 1. The van der Waals surface area contributed by atoms with Crippen molar-refractivity contribution in [2.45, 2.75) is 52.1 Å². The molecule has 1 aliphatic heterocycles. The molecule has 0 saturated carbocycles. The topological polar surface area (TPSA) is 140 Å². The Morgan fingerprint density at radius 3 is 2.46 bits per heavy atom. The van der Waals surface area contributed by atoms with Crippen LogP contribution in [0.5, 0.6) is 0 Å². The molecule has 1 amide bonds. The number of carbonyl (C=O) groups is 1. The van der Waals surface area contributed by atoms with E-state index in [1.807, 2.05) is 68.7 Å². The highest BCUT2D eigenvalue weighted by molar-refractivity contribution is 5.99. The van der Waals surface area contributed by atoms with E-state index in [2.05, 4.69) is 11.1 Å². The van der Waals surface area contributed by atoms with Gasteiger partial charge in [-0.2, -0.15) is 5.26 Å². The third-order valence-electron chi connectivity index (χ3n) is 7.19. The molecule has 0 bridgehead atoms. The van der Waals surface area contributed by atoms with Crippen LogP contribution < -0.4 is 5.73 Å². The van der Waals surface area contributed by atoms with Crippen LogP contribution in [0.1, 0.15) is 56.5 Å². The average molecular weight is 527 g/mol. The average Bonchev–Trinajstić information content (AvgIpc) is 3.22. The van der Waals surface area contributed by atoms with Crippen LogP contribution >= 0.6 is 0 Å². The van der Waals surface area contributed by atoms with Crippen molar-refractivity contribution in [3.05, 3.63) is 69.5 Å². The molecule has 2 heterocycles. The van der Waals surface area contributed by atoms with Crippen molar-refractivity contribution in [1.82, 2.24) is 14.5 Å². The van der Waals surface area contributed by atoms with Crippen LogP contribution in [0.2, 0.25) is 0 Å². The number of nitro groups is 1. The van der Waals surface area contributed by atoms with Gasteiger partial charge in [-0.1, -0.05) is 24.3 Å². The number of fused-ring (bicyclic) bond motifs is 2. The first-order valence-electron chi connectivity index (χ1n) is 12.9. The fourth-order valence-corrected chi connectivity index (χ4v) is 5.46. The van der Waals surface area contributed by atoms with Gasteiger partial charge in [0.1, 0.15) is 22.6 Å². The van der Waals surface area contributed by atoms with Crippen LogP contribution in [-0.2, 0) is 4.74 Å². The molecule has 0 unspecified atom stereocenters. The Morgan fingerprint density at radius 2 is 1.85 bits per heavy atom. The Balaban J connectivity index is 1.62. The predicted octanol–water partition coefficient (Wildman–Crippen LogP) is 5.96. The number of nitrogens with two attached hydrogens (primary N) is 1. The molecule has 1 saturated heterocycles. The number of ether oxygens (including phenoxy) is 1. The number of benzene rings is 3. The van der Waals surface area contributed by atoms with Crippen molar-refractivity contribution >= 4 is 39.3 Å². The fourth-order valence-electron chi connectivity index (χ4n) is 5.46. The van der Waals surface area contributed by atoms with Gasteiger partial charge in [0.2, 0.25) is 0 Å². The zero-order chi connectivity index (χ0) is 28.1. The smallest absolute Gasteiger partial charge is 0.410 e. The maximum absolute atomic E-state index is 12.6.